The van der Waals surface area contributed by atoms with Gasteiger partial charge in [-0.25, -0.2) is 0 Å². The predicted molar refractivity (Wildman–Crippen MR) is 121 cm³/mol. The minimum Gasteiger partial charge on any atom is -0.372 e. The first-order chi connectivity index (χ1) is 14.2. The third kappa shape index (κ3) is 6.11. The topological polar surface area (TPSA) is 61.7 Å². The lowest BCUT2D eigenvalue weighted by molar-refractivity contribution is 0.582. The molecule has 1 aromatic heterocycles. The van der Waals surface area contributed by atoms with Gasteiger partial charge < -0.3 is 20.1 Å². The Morgan fingerprint density at radius 3 is 2.72 bits per heavy atom. The molecule has 0 aliphatic carbocycles. The van der Waals surface area contributed by atoms with Gasteiger partial charge in [0.15, 0.2) is 5.96 Å². The maximum atomic E-state index is 11.7. The fourth-order valence-electron chi connectivity index (χ4n) is 3.71. The van der Waals surface area contributed by atoms with E-state index in [-0.39, 0.29) is 11.6 Å². The molecule has 0 saturated carbocycles. The lowest BCUT2D eigenvalue weighted by atomic mass is 10.1. The van der Waals surface area contributed by atoms with Gasteiger partial charge in [0.25, 0.3) is 0 Å². The highest BCUT2D eigenvalue weighted by Crippen LogP contribution is 2.23. The molecular formula is C23H33N5O. The van der Waals surface area contributed by atoms with Crippen LogP contribution in [0.15, 0.2) is 58.4 Å². The molecule has 1 aliphatic rings. The Balaban J connectivity index is 1.44. The molecule has 0 amide bonds. The summed E-state index contributed by atoms with van der Waals surface area (Å²) in [7, 11) is 1.80. The summed E-state index contributed by atoms with van der Waals surface area (Å²) >= 11 is 0. The lowest BCUT2D eigenvalue weighted by Gasteiger charge is -2.22. The number of nitrogens with zero attached hydrogens (tertiary/aromatic N) is 3. The number of benzene rings is 1. The Morgan fingerprint density at radius 2 is 1.97 bits per heavy atom. The summed E-state index contributed by atoms with van der Waals surface area (Å²) in [5.74, 6) is 0.806. The molecular weight excluding hydrogens is 362 g/mol. The molecule has 0 spiro atoms. The molecule has 2 heterocycles. The summed E-state index contributed by atoms with van der Waals surface area (Å²) in [4.78, 5) is 18.5. The third-order valence-corrected chi connectivity index (χ3v) is 5.44. The number of pyridine rings is 1. The quantitative estimate of drug-likeness (QED) is 0.409. The van der Waals surface area contributed by atoms with Crippen LogP contribution in [0.25, 0.3) is 0 Å². The first-order valence-corrected chi connectivity index (χ1v) is 10.6. The molecule has 0 bridgehead atoms. The van der Waals surface area contributed by atoms with Crippen LogP contribution in [0.4, 0.5) is 5.69 Å². The minimum atomic E-state index is 0.0583. The van der Waals surface area contributed by atoms with Crippen molar-refractivity contribution in [3.63, 3.8) is 0 Å². The van der Waals surface area contributed by atoms with Crippen LogP contribution in [0.1, 0.15) is 44.2 Å². The summed E-state index contributed by atoms with van der Waals surface area (Å²) in [6.07, 6.45) is 6.33. The molecule has 6 nitrogen and oxygen atoms in total. The van der Waals surface area contributed by atoms with Crippen LogP contribution in [0, 0.1) is 0 Å². The van der Waals surface area contributed by atoms with Crippen molar-refractivity contribution in [2.24, 2.45) is 4.99 Å². The second-order valence-electron chi connectivity index (χ2n) is 7.59. The first kappa shape index (κ1) is 21.0. The van der Waals surface area contributed by atoms with Gasteiger partial charge >= 0.3 is 0 Å². The molecule has 29 heavy (non-hydrogen) atoms. The SMILES string of the molecule is CN=C(NCCCCn1ccccc1=O)NC(C)c1cccc(N2CCCC2)c1. The number of nitrogens with one attached hydrogen (secondary N) is 2. The number of aliphatic imine (C=N–C) groups is 1. The van der Waals surface area contributed by atoms with E-state index in [1.807, 2.05) is 12.3 Å². The van der Waals surface area contributed by atoms with E-state index < -0.39 is 0 Å². The van der Waals surface area contributed by atoms with E-state index in [4.69, 9.17) is 0 Å². The zero-order valence-corrected chi connectivity index (χ0v) is 17.6. The van der Waals surface area contributed by atoms with Crippen LogP contribution in [0.5, 0.6) is 0 Å². The van der Waals surface area contributed by atoms with Gasteiger partial charge in [0, 0.05) is 51.2 Å². The Hall–Kier alpha value is -2.76. The molecule has 3 rings (SSSR count). The van der Waals surface area contributed by atoms with E-state index >= 15 is 0 Å². The normalized spacial score (nSPS) is 15.4. The van der Waals surface area contributed by atoms with Gasteiger partial charge in [-0.1, -0.05) is 18.2 Å². The smallest absolute Gasteiger partial charge is 0.250 e. The fraction of sp³-hybridized carbons (Fsp3) is 0.478. The minimum absolute atomic E-state index is 0.0583. The largest absolute Gasteiger partial charge is 0.372 e. The monoisotopic (exact) mass is 395 g/mol. The number of aryl methyl sites for hydroxylation is 1. The van der Waals surface area contributed by atoms with Crippen molar-refractivity contribution in [3.05, 3.63) is 64.6 Å². The molecule has 2 N–H and O–H groups in total. The van der Waals surface area contributed by atoms with Crippen molar-refractivity contribution in [2.45, 2.75) is 45.2 Å². The molecule has 1 aliphatic heterocycles. The molecule has 1 fully saturated rings. The maximum Gasteiger partial charge on any atom is 0.250 e. The van der Waals surface area contributed by atoms with E-state index in [1.54, 1.807) is 23.7 Å². The van der Waals surface area contributed by atoms with Gasteiger partial charge in [-0.15, -0.1) is 0 Å². The first-order valence-electron chi connectivity index (χ1n) is 10.6. The van der Waals surface area contributed by atoms with Gasteiger partial charge in [0.05, 0.1) is 6.04 Å². The van der Waals surface area contributed by atoms with E-state index in [0.717, 1.165) is 45.0 Å². The van der Waals surface area contributed by atoms with E-state index in [2.05, 4.69) is 51.7 Å². The lowest BCUT2D eigenvalue weighted by Crippen LogP contribution is -2.39. The Morgan fingerprint density at radius 1 is 1.14 bits per heavy atom. The zero-order valence-electron chi connectivity index (χ0n) is 17.6. The van der Waals surface area contributed by atoms with Crippen LogP contribution in [-0.4, -0.2) is 37.2 Å². The molecule has 1 atom stereocenters. The number of guanidine groups is 1. The van der Waals surface area contributed by atoms with Crippen LogP contribution < -0.4 is 21.1 Å². The average molecular weight is 396 g/mol. The summed E-state index contributed by atoms with van der Waals surface area (Å²) in [5.41, 5.74) is 2.64. The van der Waals surface area contributed by atoms with E-state index in [0.29, 0.717) is 0 Å². The number of hydrogen-bond acceptors (Lipinski definition) is 3. The average Bonchev–Trinajstić information content (AvgIpc) is 3.29. The molecule has 1 saturated heterocycles. The van der Waals surface area contributed by atoms with Crippen LogP contribution in [0.3, 0.4) is 0 Å². The fourth-order valence-corrected chi connectivity index (χ4v) is 3.71. The molecule has 1 aromatic carbocycles. The van der Waals surface area contributed by atoms with Crippen molar-refractivity contribution >= 4 is 11.6 Å². The summed E-state index contributed by atoms with van der Waals surface area (Å²) in [6, 6.07) is 14.2. The van der Waals surface area contributed by atoms with Crippen LogP contribution >= 0.6 is 0 Å². The molecule has 6 heteroatoms. The predicted octanol–water partition coefficient (Wildman–Crippen LogP) is 3.15. The highest BCUT2D eigenvalue weighted by Gasteiger charge is 2.14. The van der Waals surface area contributed by atoms with Crippen molar-refractivity contribution in [2.75, 3.05) is 31.6 Å². The third-order valence-electron chi connectivity index (χ3n) is 5.44. The summed E-state index contributed by atoms with van der Waals surface area (Å²) < 4.78 is 1.75. The highest BCUT2D eigenvalue weighted by atomic mass is 16.1. The number of hydrogen-bond donors (Lipinski definition) is 2. The number of rotatable bonds is 8. The van der Waals surface area contributed by atoms with Crippen molar-refractivity contribution in [1.29, 1.82) is 0 Å². The van der Waals surface area contributed by atoms with Gasteiger partial charge in [0.2, 0.25) is 5.56 Å². The summed E-state index contributed by atoms with van der Waals surface area (Å²) in [6.45, 7) is 6.04. The van der Waals surface area contributed by atoms with Crippen molar-refractivity contribution in [3.8, 4) is 0 Å². The maximum absolute atomic E-state index is 11.7. The van der Waals surface area contributed by atoms with Gasteiger partial charge in [-0.3, -0.25) is 9.79 Å². The van der Waals surface area contributed by atoms with Crippen molar-refractivity contribution < 1.29 is 0 Å². The number of anilines is 1. The van der Waals surface area contributed by atoms with Crippen LogP contribution in [0.2, 0.25) is 0 Å². The Labute approximate surface area is 173 Å². The van der Waals surface area contributed by atoms with Crippen LogP contribution in [-0.2, 0) is 6.54 Å². The van der Waals surface area contributed by atoms with E-state index in [9.17, 15) is 4.79 Å². The molecule has 2 aromatic rings. The Bertz CT molecular complexity index is 854. The Kier molecular flexibility index (Phi) is 7.73. The van der Waals surface area contributed by atoms with Crippen molar-refractivity contribution in [1.82, 2.24) is 15.2 Å². The molecule has 1 unspecified atom stereocenters. The van der Waals surface area contributed by atoms with Gasteiger partial charge in [-0.05, 0) is 56.4 Å². The standard InChI is InChI=1S/C23H33N5O/c1-19(20-10-9-11-21(18-20)27-14-7-8-15-27)26-23(24-2)25-13-4-6-17-28-16-5-3-12-22(28)29/h3,5,9-12,16,18-19H,4,6-8,13-15,17H2,1-2H3,(H2,24,25,26). The van der Waals surface area contributed by atoms with Gasteiger partial charge in [-0.2, -0.15) is 0 Å². The second kappa shape index (κ2) is 10.7. The second-order valence-corrected chi connectivity index (χ2v) is 7.59. The zero-order chi connectivity index (χ0) is 20.5. The molecule has 0 radical (unpaired) electrons. The number of unbranched alkanes of at least 4 members (excludes halogenated alkanes) is 1. The summed E-state index contributed by atoms with van der Waals surface area (Å²) in [5, 5.41) is 6.87. The number of aromatic nitrogens is 1. The molecule has 156 valence electrons. The highest BCUT2D eigenvalue weighted by molar-refractivity contribution is 5.80. The van der Waals surface area contributed by atoms with E-state index in [1.165, 1.54) is 24.1 Å². The van der Waals surface area contributed by atoms with Gasteiger partial charge in [0.1, 0.15) is 0 Å².